The van der Waals surface area contributed by atoms with E-state index in [-0.39, 0.29) is 11.7 Å². The van der Waals surface area contributed by atoms with Gasteiger partial charge in [0.1, 0.15) is 0 Å². The van der Waals surface area contributed by atoms with Crippen molar-refractivity contribution < 1.29 is 9.21 Å². The summed E-state index contributed by atoms with van der Waals surface area (Å²) in [6.45, 7) is 2.34. The van der Waals surface area contributed by atoms with E-state index in [1.807, 2.05) is 43.3 Å². The maximum atomic E-state index is 12.6. The topological polar surface area (TPSA) is 85.8 Å². The number of carbonyl (C=O) groups is 1. The molecule has 1 amide bonds. The lowest BCUT2D eigenvalue weighted by Gasteiger charge is -2.04. The third-order valence-corrected chi connectivity index (χ3v) is 3.97. The second-order valence-corrected chi connectivity index (χ2v) is 6.03. The zero-order chi connectivity index (χ0) is 18.6. The van der Waals surface area contributed by atoms with Crippen LogP contribution < -0.4 is 5.32 Å². The molecular formula is C20H17N5O2. The number of hydrogen-bond donors (Lipinski definition) is 1. The molecule has 7 heteroatoms. The van der Waals surface area contributed by atoms with Crippen LogP contribution in [-0.2, 0) is 6.54 Å². The van der Waals surface area contributed by atoms with Gasteiger partial charge in [0.15, 0.2) is 11.6 Å². The number of hydrogen-bond acceptors (Lipinski definition) is 5. The Kier molecular flexibility index (Phi) is 4.49. The van der Waals surface area contributed by atoms with Crippen molar-refractivity contribution >= 4 is 5.91 Å². The fourth-order valence-electron chi connectivity index (χ4n) is 2.68. The highest BCUT2D eigenvalue weighted by molar-refractivity contribution is 5.90. The number of amides is 1. The molecule has 0 aliphatic carbocycles. The number of benzene rings is 1. The Bertz CT molecular complexity index is 1060. The normalized spacial score (nSPS) is 10.7. The number of rotatable bonds is 5. The van der Waals surface area contributed by atoms with Crippen LogP contribution in [0.3, 0.4) is 0 Å². The monoisotopic (exact) mass is 359 g/mol. The highest BCUT2D eigenvalue weighted by atomic mass is 16.3. The van der Waals surface area contributed by atoms with Gasteiger partial charge in [-0.15, -0.1) is 5.10 Å². The van der Waals surface area contributed by atoms with Crippen LogP contribution in [0.2, 0.25) is 0 Å². The third-order valence-electron chi connectivity index (χ3n) is 3.97. The van der Waals surface area contributed by atoms with E-state index in [9.17, 15) is 4.79 Å². The number of nitrogens with one attached hydrogen (secondary N) is 1. The molecule has 1 N–H and O–H groups in total. The van der Waals surface area contributed by atoms with Gasteiger partial charge in [-0.3, -0.25) is 9.78 Å². The summed E-state index contributed by atoms with van der Waals surface area (Å²) in [5, 5.41) is 7.22. The van der Waals surface area contributed by atoms with Crippen molar-refractivity contribution in [1.29, 1.82) is 0 Å². The van der Waals surface area contributed by atoms with Crippen LogP contribution in [0.5, 0.6) is 0 Å². The molecule has 0 unspecified atom stereocenters. The van der Waals surface area contributed by atoms with Crippen molar-refractivity contribution in [3.63, 3.8) is 0 Å². The lowest BCUT2D eigenvalue weighted by molar-refractivity contribution is 0.0940. The summed E-state index contributed by atoms with van der Waals surface area (Å²) in [6, 6.07) is 15.1. The Morgan fingerprint density at radius 1 is 1.19 bits per heavy atom. The average Bonchev–Trinajstić information content (AvgIpc) is 3.36. The first-order valence-corrected chi connectivity index (χ1v) is 8.46. The lowest BCUT2D eigenvalue weighted by atomic mass is 10.2. The molecule has 7 nitrogen and oxygen atoms in total. The minimum atomic E-state index is -0.363. The molecule has 0 radical (unpaired) electrons. The van der Waals surface area contributed by atoms with Crippen molar-refractivity contribution in [1.82, 2.24) is 25.1 Å². The van der Waals surface area contributed by atoms with Crippen molar-refractivity contribution in [3.05, 3.63) is 84.1 Å². The largest absolute Gasteiger partial charge is 0.461 e. The zero-order valence-electron chi connectivity index (χ0n) is 14.7. The van der Waals surface area contributed by atoms with Gasteiger partial charge in [-0.25, -0.2) is 4.68 Å². The van der Waals surface area contributed by atoms with Gasteiger partial charge in [0, 0.05) is 18.9 Å². The Morgan fingerprint density at radius 2 is 2.11 bits per heavy atom. The molecule has 0 saturated carbocycles. The maximum absolute atomic E-state index is 12.6. The van der Waals surface area contributed by atoms with E-state index in [2.05, 4.69) is 20.4 Å². The molecule has 3 aromatic heterocycles. The van der Waals surface area contributed by atoms with E-state index in [0.717, 1.165) is 16.8 Å². The summed E-state index contributed by atoms with van der Waals surface area (Å²) in [5.74, 6) is 0.720. The van der Waals surface area contributed by atoms with Gasteiger partial charge >= 0.3 is 0 Å². The Labute approximate surface area is 155 Å². The van der Waals surface area contributed by atoms with Gasteiger partial charge < -0.3 is 9.73 Å². The highest BCUT2D eigenvalue weighted by Gasteiger charge is 2.20. The zero-order valence-corrected chi connectivity index (χ0v) is 14.7. The Balaban J connectivity index is 1.66. The molecule has 0 atom stereocenters. The van der Waals surface area contributed by atoms with Crippen molar-refractivity contribution in [3.8, 4) is 17.3 Å². The van der Waals surface area contributed by atoms with E-state index in [1.54, 1.807) is 35.5 Å². The molecule has 0 bridgehead atoms. The Morgan fingerprint density at radius 3 is 2.85 bits per heavy atom. The van der Waals surface area contributed by atoms with Crippen LogP contribution in [0.1, 0.15) is 21.7 Å². The van der Waals surface area contributed by atoms with Crippen molar-refractivity contribution in [2.75, 3.05) is 0 Å². The summed E-state index contributed by atoms with van der Waals surface area (Å²) in [5.41, 5.74) is 2.78. The number of aryl methyl sites for hydroxylation is 1. The number of pyridine rings is 1. The van der Waals surface area contributed by atoms with Crippen LogP contribution in [0.4, 0.5) is 0 Å². The Hall–Kier alpha value is -3.74. The van der Waals surface area contributed by atoms with Crippen LogP contribution in [0.25, 0.3) is 17.3 Å². The average molecular weight is 359 g/mol. The van der Waals surface area contributed by atoms with E-state index in [1.165, 1.54) is 0 Å². The molecule has 0 saturated heterocycles. The maximum Gasteiger partial charge on any atom is 0.291 e. The fourth-order valence-corrected chi connectivity index (χ4v) is 2.68. The van der Waals surface area contributed by atoms with Crippen LogP contribution in [0, 0.1) is 6.92 Å². The molecule has 4 rings (SSSR count). The van der Waals surface area contributed by atoms with Crippen LogP contribution in [0.15, 0.2) is 71.6 Å². The van der Waals surface area contributed by atoms with Gasteiger partial charge in [-0.2, -0.15) is 4.98 Å². The predicted molar refractivity (Wildman–Crippen MR) is 99.2 cm³/mol. The molecule has 27 heavy (non-hydrogen) atoms. The quantitative estimate of drug-likeness (QED) is 0.591. The lowest BCUT2D eigenvalue weighted by Crippen LogP contribution is -2.24. The van der Waals surface area contributed by atoms with E-state index < -0.39 is 0 Å². The first-order chi connectivity index (χ1) is 13.2. The molecule has 0 spiro atoms. The predicted octanol–water partition coefficient (Wildman–Crippen LogP) is 3.16. The second-order valence-electron chi connectivity index (χ2n) is 6.03. The van der Waals surface area contributed by atoms with E-state index in [4.69, 9.17) is 4.42 Å². The molecule has 0 fully saturated rings. The van der Waals surface area contributed by atoms with Gasteiger partial charge in [0.2, 0.25) is 5.82 Å². The SMILES string of the molecule is Cc1cccc(-n2nc(C(=O)NCc3cccnc3)nc2-c2ccco2)c1. The minimum absolute atomic E-state index is 0.0757. The number of furan rings is 1. The highest BCUT2D eigenvalue weighted by Crippen LogP contribution is 2.22. The molecule has 134 valence electrons. The molecule has 3 heterocycles. The summed E-state index contributed by atoms with van der Waals surface area (Å²) < 4.78 is 7.09. The fraction of sp³-hybridized carbons (Fsp3) is 0.100. The summed E-state index contributed by atoms with van der Waals surface area (Å²) in [6.07, 6.45) is 4.95. The molecule has 0 aliphatic rings. The van der Waals surface area contributed by atoms with Gasteiger partial charge in [0.25, 0.3) is 5.91 Å². The van der Waals surface area contributed by atoms with Gasteiger partial charge in [0.05, 0.1) is 12.0 Å². The molecular weight excluding hydrogens is 342 g/mol. The van der Waals surface area contributed by atoms with Crippen LogP contribution >= 0.6 is 0 Å². The summed E-state index contributed by atoms with van der Waals surface area (Å²) in [7, 11) is 0. The van der Waals surface area contributed by atoms with Gasteiger partial charge in [-0.1, -0.05) is 18.2 Å². The number of nitrogens with zero attached hydrogens (tertiary/aromatic N) is 4. The number of aromatic nitrogens is 4. The smallest absolute Gasteiger partial charge is 0.291 e. The van der Waals surface area contributed by atoms with E-state index in [0.29, 0.717) is 18.1 Å². The van der Waals surface area contributed by atoms with E-state index >= 15 is 0 Å². The first kappa shape index (κ1) is 16.7. The van der Waals surface area contributed by atoms with Crippen molar-refractivity contribution in [2.45, 2.75) is 13.5 Å². The second kappa shape index (κ2) is 7.25. The summed E-state index contributed by atoms with van der Waals surface area (Å²) >= 11 is 0. The first-order valence-electron chi connectivity index (χ1n) is 8.46. The molecule has 1 aromatic carbocycles. The standard InChI is InChI=1S/C20H17N5O2/c1-14-5-2-7-16(11-14)25-19(17-8-4-10-27-17)23-18(24-25)20(26)22-13-15-6-3-9-21-12-15/h2-12H,13H2,1H3,(H,22,26). The molecule has 0 aliphatic heterocycles. The minimum Gasteiger partial charge on any atom is -0.461 e. The van der Waals surface area contributed by atoms with Gasteiger partial charge in [-0.05, 0) is 48.4 Å². The van der Waals surface area contributed by atoms with Crippen molar-refractivity contribution in [2.24, 2.45) is 0 Å². The summed E-state index contributed by atoms with van der Waals surface area (Å²) in [4.78, 5) is 21.0. The van der Waals surface area contributed by atoms with Crippen LogP contribution in [-0.4, -0.2) is 25.7 Å². The third kappa shape index (κ3) is 3.62. The number of carbonyl (C=O) groups excluding carboxylic acids is 1. The molecule has 4 aromatic rings.